The molecule has 5 nitrogen and oxygen atoms in total. The molecular weight excluding hydrogens is 217 g/mol. The minimum atomic E-state index is -4.52. The van der Waals surface area contributed by atoms with E-state index >= 15 is 0 Å². The van der Waals surface area contributed by atoms with Crippen LogP contribution in [-0.4, -0.2) is 47.7 Å². The summed E-state index contributed by atoms with van der Waals surface area (Å²) in [5, 5.41) is 8.27. The van der Waals surface area contributed by atoms with E-state index in [2.05, 4.69) is 0 Å². The molecule has 0 aliphatic heterocycles. The van der Waals surface area contributed by atoms with Gasteiger partial charge in [-0.05, 0) is 0 Å². The first-order valence-corrected chi connectivity index (χ1v) is 3.92. The van der Waals surface area contributed by atoms with Crippen LogP contribution in [0.5, 0.6) is 0 Å². The predicted octanol–water partition coefficient (Wildman–Crippen LogP) is -0.191. The molecular formula is C7H11F3N2O3. The van der Waals surface area contributed by atoms with Gasteiger partial charge in [-0.3, -0.25) is 9.59 Å². The van der Waals surface area contributed by atoms with Crippen LogP contribution >= 0.6 is 0 Å². The topological polar surface area (TPSA) is 83.6 Å². The minimum Gasteiger partial charge on any atom is -0.481 e. The highest BCUT2D eigenvalue weighted by Crippen LogP contribution is 2.15. The molecule has 0 aromatic rings. The fourth-order valence-corrected chi connectivity index (χ4v) is 0.905. The molecule has 15 heavy (non-hydrogen) atoms. The Bertz CT molecular complexity index is 254. The number of likely N-dealkylation sites (N-methyl/N-ethyl adjacent to an activating group) is 1. The molecule has 1 unspecified atom stereocenters. The van der Waals surface area contributed by atoms with Gasteiger partial charge in [0.1, 0.15) is 6.54 Å². The van der Waals surface area contributed by atoms with Gasteiger partial charge in [-0.15, -0.1) is 0 Å². The number of carboxylic acids is 1. The number of carbonyl (C=O) groups is 2. The number of hydrogen-bond acceptors (Lipinski definition) is 3. The van der Waals surface area contributed by atoms with Crippen molar-refractivity contribution >= 4 is 11.9 Å². The average Bonchev–Trinajstić information content (AvgIpc) is 1.98. The lowest BCUT2D eigenvalue weighted by Gasteiger charge is -2.21. The normalized spacial score (nSPS) is 13.4. The lowest BCUT2D eigenvalue weighted by molar-refractivity contribution is -0.159. The summed E-state index contributed by atoms with van der Waals surface area (Å²) in [6.07, 6.45) is -5.21. The van der Waals surface area contributed by atoms with Gasteiger partial charge in [-0.2, -0.15) is 13.2 Å². The van der Waals surface area contributed by atoms with Gasteiger partial charge in [0.05, 0.1) is 12.5 Å². The number of amides is 1. The average molecular weight is 228 g/mol. The Morgan fingerprint density at radius 1 is 1.47 bits per heavy atom. The Labute approximate surface area is 83.6 Å². The fraction of sp³-hybridized carbons (Fsp3) is 0.714. The molecule has 0 aliphatic rings. The Balaban J connectivity index is 4.26. The van der Waals surface area contributed by atoms with Gasteiger partial charge >= 0.3 is 12.1 Å². The van der Waals surface area contributed by atoms with Crippen molar-refractivity contribution < 1.29 is 27.9 Å². The van der Waals surface area contributed by atoms with Crippen molar-refractivity contribution in [3.8, 4) is 0 Å². The molecule has 0 spiro atoms. The molecule has 88 valence electrons. The molecule has 0 aliphatic carbocycles. The molecule has 0 bridgehead atoms. The fourth-order valence-electron chi connectivity index (χ4n) is 0.905. The van der Waals surface area contributed by atoms with E-state index in [9.17, 15) is 22.8 Å². The summed E-state index contributed by atoms with van der Waals surface area (Å²) in [6, 6.07) is -1.45. The molecule has 0 saturated carbocycles. The van der Waals surface area contributed by atoms with Crippen LogP contribution in [0.1, 0.15) is 6.42 Å². The van der Waals surface area contributed by atoms with Gasteiger partial charge < -0.3 is 15.7 Å². The summed E-state index contributed by atoms with van der Waals surface area (Å²) in [7, 11) is 0.914. The van der Waals surface area contributed by atoms with Crippen LogP contribution in [0.2, 0.25) is 0 Å². The SMILES string of the molecule is CN(CC(F)(F)F)C(=O)C(N)CC(=O)O. The maximum absolute atomic E-state index is 11.8. The molecule has 0 aromatic heterocycles. The lowest BCUT2D eigenvalue weighted by Crippen LogP contribution is -2.46. The summed E-state index contributed by atoms with van der Waals surface area (Å²) in [4.78, 5) is 21.6. The molecule has 0 aromatic carbocycles. The van der Waals surface area contributed by atoms with Crippen molar-refractivity contribution in [1.82, 2.24) is 4.90 Å². The molecule has 3 N–H and O–H groups in total. The van der Waals surface area contributed by atoms with Crippen LogP contribution < -0.4 is 5.73 Å². The van der Waals surface area contributed by atoms with E-state index in [0.717, 1.165) is 7.05 Å². The van der Waals surface area contributed by atoms with E-state index in [0.29, 0.717) is 4.90 Å². The van der Waals surface area contributed by atoms with Gasteiger partial charge in [0.15, 0.2) is 0 Å². The number of aliphatic carboxylic acids is 1. The van der Waals surface area contributed by atoms with Crippen LogP contribution in [-0.2, 0) is 9.59 Å². The summed E-state index contributed by atoms with van der Waals surface area (Å²) in [6.45, 7) is -1.45. The second-order valence-electron chi connectivity index (χ2n) is 3.01. The monoisotopic (exact) mass is 228 g/mol. The highest BCUT2D eigenvalue weighted by molar-refractivity contribution is 5.85. The van der Waals surface area contributed by atoms with Crippen molar-refractivity contribution in [3.63, 3.8) is 0 Å². The Kier molecular flexibility index (Phi) is 4.53. The number of hydrogen-bond donors (Lipinski definition) is 2. The van der Waals surface area contributed by atoms with Gasteiger partial charge in [0.25, 0.3) is 0 Å². The number of rotatable bonds is 4. The van der Waals surface area contributed by atoms with Crippen molar-refractivity contribution in [1.29, 1.82) is 0 Å². The highest BCUT2D eigenvalue weighted by Gasteiger charge is 2.33. The standard InChI is InChI=1S/C7H11F3N2O3/c1-12(3-7(8,9)10)6(15)4(11)2-5(13)14/h4H,2-3,11H2,1H3,(H,13,14). The summed E-state index contributed by atoms with van der Waals surface area (Å²) < 4.78 is 35.5. The van der Waals surface area contributed by atoms with Crippen molar-refractivity contribution in [2.75, 3.05) is 13.6 Å². The third-order valence-corrected chi connectivity index (χ3v) is 1.50. The van der Waals surface area contributed by atoms with Crippen molar-refractivity contribution in [2.45, 2.75) is 18.6 Å². The smallest absolute Gasteiger partial charge is 0.406 e. The zero-order chi connectivity index (χ0) is 12.2. The first-order valence-electron chi connectivity index (χ1n) is 3.92. The minimum absolute atomic E-state index is 0.355. The largest absolute Gasteiger partial charge is 0.481 e. The summed E-state index contributed by atoms with van der Waals surface area (Å²) in [5.74, 6) is -2.38. The van der Waals surface area contributed by atoms with Crippen LogP contribution in [0, 0.1) is 0 Å². The van der Waals surface area contributed by atoms with E-state index in [1.165, 1.54) is 0 Å². The summed E-state index contributed by atoms with van der Waals surface area (Å²) >= 11 is 0. The van der Waals surface area contributed by atoms with Crippen LogP contribution in [0.25, 0.3) is 0 Å². The number of carbonyl (C=O) groups excluding carboxylic acids is 1. The van der Waals surface area contributed by atoms with Crippen LogP contribution in [0.15, 0.2) is 0 Å². The first-order chi connectivity index (χ1) is 6.63. The van der Waals surface area contributed by atoms with Gasteiger partial charge in [-0.1, -0.05) is 0 Å². The van der Waals surface area contributed by atoms with Crippen molar-refractivity contribution in [3.05, 3.63) is 0 Å². The molecule has 0 saturated heterocycles. The third-order valence-electron chi connectivity index (χ3n) is 1.50. The van der Waals surface area contributed by atoms with E-state index in [1.807, 2.05) is 0 Å². The van der Waals surface area contributed by atoms with E-state index in [1.54, 1.807) is 0 Å². The lowest BCUT2D eigenvalue weighted by atomic mass is 10.2. The maximum Gasteiger partial charge on any atom is 0.406 e. The number of nitrogens with two attached hydrogens (primary N) is 1. The highest BCUT2D eigenvalue weighted by atomic mass is 19.4. The van der Waals surface area contributed by atoms with Crippen molar-refractivity contribution in [2.24, 2.45) is 5.73 Å². The number of halogens is 3. The number of carboxylic acid groups (broad SMARTS) is 1. The van der Waals surface area contributed by atoms with Gasteiger partial charge in [0, 0.05) is 7.05 Å². The maximum atomic E-state index is 11.8. The van der Waals surface area contributed by atoms with E-state index in [-0.39, 0.29) is 0 Å². The van der Waals surface area contributed by atoms with E-state index < -0.39 is 37.1 Å². The summed E-state index contributed by atoms with van der Waals surface area (Å²) in [5.41, 5.74) is 5.10. The predicted molar refractivity (Wildman–Crippen MR) is 43.9 cm³/mol. The molecule has 0 radical (unpaired) electrons. The number of alkyl halides is 3. The van der Waals surface area contributed by atoms with Gasteiger partial charge in [-0.25, -0.2) is 0 Å². The second kappa shape index (κ2) is 4.96. The Morgan fingerprint density at radius 3 is 2.27 bits per heavy atom. The Morgan fingerprint density at radius 2 is 1.93 bits per heavy atom. The molecule has 0 fully saturated rings. The third kappa shape index (κ3) is 5.89. The zero-order valence-corrected chi connectivity index (χ0v) is 7.91. The Hall–Kier alpha value is -1.31. The quantitative estimate of drug-likeness (QED) is 0.698. The molecule has 0 rings (SSSR count). The number of nitrogens with zero attached hydrogens (tertiary/aromatic N) is 1. The van der Waals surface area contributed by atoms with Gasteiger partial charge in [0.2, 0.25) is 5.91 Å². The molecule has 1 atom stereocenters. The van der Waals surface area contributed by atoms with Crippen LogP contribution in [0.3, 0.4) is 0 Å². The molecule has 0 heterocycles. The van der Waals surface area contributed by atoms with E-state index in [4.69, 9.17) is 10.8 Å². The molecule has 8 heteroatoms. The molecule has 1 amide bonds. The van der Waals surface area contributed by atoms with Crippen LogP contribution in [0.4, 0.5) is 13.2 Å². The zero-order valence-electron chi connectivity index (χ0n) is 7.91. The second-order valence-corrected chi connectivity index (χ2v) is 3.01. The first kappa shape index (κ1) is 13.7.